The Balaban J connectivity index is 2.61. The maximum atomic E-state index is 9.16. The fourth-order valence-corrected chi connectivity index (χ4v) is 0.900. The van der Waals surface area contributed by atoms with E-state index in [-0.39, 0.29) is 6.61 Å². The van der Waals surface area contributed by atoms with Gasteiger partial charge < -0.3 is 14.9 Å². The van der Waals surface area contributed by atoms with Crippen molar-refractivity contribution in [1.29, 1.82) is 0 Å². The number of aliphatic hydroxyl groups is 2. The summed E-state index contributed by atoms with van der Waals surface area (Å²) in [4.78, 5) is 0. The predicted molar refractivity (Wildman–Crippen MR) is 35.2 cm³/mol. The number of hydrogen-bond donors (Lipinski definition) is 2. The second-order valence-corrected chi connectivity index (χ2v) is 2.30. The van der Waals surface area contributed by atoms with E-state index in [1.54, 1.807) is 0 Å². The van der Waals surface area contributed by atoms with Crippen molar-refractivity contribution >= 4 is 0 Å². The van der Waals surface area contributed by atoms with Gasteiger partial charge >= 0.3 is 0 Å². The van der Waals surface area contributed by atoms with Crippen LogP contribution in [0, 0.1) is 6.92 Å². The summed E-state index contributed by atoms with van der Waals surface area (Å²) in [6.45, 7) is 8.62. The molecule has 0 spiro atoms. The van der Waals surface area contributed by atoms with Gasteiger partial charge in [0.2, 0.25) is 0 Å². The van der Waals surface area contributed by atoms with Crippen LogP contribution in [-0.4, -0.2) is 35.1 Å². The van der Waals surface area contributed by atoms with Crippen LogP contribution in [0.25, 0.3) is 0 Å². The van der Waals surface area contributed by atoms with Gasteiger partial charge in [-0.25, -0.2) is 0 Å². The minimum Gasteiger partial charge on any atom is -0.394 e. The van der Waals surface area contributed by atoms with Crippen LogP contribution >= 0.6 is 0 Å². The number of ether oxygens (including phenoxy) is 1. The van der Waals surface area contributed by atoms with Crippen molar-refractivity contribution in [2.75, 3.05) is 6.61 Å². The quantitative estimate of drug-likeness (QED) is 0.479. The highest BCUT2D eigenvalue weighted by Gasteiger charge is 2.34. The Morgan fingerprint density at radius 1 is 1.70 bits per heavy atom. The molecular formula is C7H10O3. The molecule has 0 aromatic heterocycles. The summed E-state index contributed by atoms with van der Waals surface area (Å²) in [5, 5.41) is 17.8. The normalized spacial score (nSPS) is 40.7. The zero-order chi connectivity index (χ0) is 7.72. The molecular weight excluding hydrogens is 132 g/mol. The topological polar surface area (TPSA) is 49.7 Å². The molecule has 1 saturated heterocycles. The zero-order valence-electron chi connectivity index (χ0n) is 5.53. The van der Waals surface area contributed by atoms with Gasteiger partial charge in [-0.15, -0.1) is 0 Å². The molecule has 2 radical (unpaired) electrons. The monoisotopic (exact) mass is 142 g/mol. The van der Waals surface area contributed by atoms with Crippen LogP contribution in [0.1, 0.15) is 0 Å². The summed E-state index contributed by atoms with van der Waals surface area (Å²) < 4.78 is 4.91. The smallest absolute Gasteiger partial charge is 0.111 e. The molecule has 2 N–H and O–H groups in total. The molecule has 0 aromatic carbocycles. The van der Waals surface area contributed by atoms with Crippen LogP contribution in [0.2, 0.25) is 0 Å². The van der Waals surface area contributed by atoms with Crippen molar-refractivity contribution in [3.05, 3.63) is 19.1 Å². The van der Waals surface area contributed by atoms with Crippen LogP contribution in [0.4, 0.5) is 0 Å². The molecule has 1 aliphatic heterocycles. The summed E-state index contributed by atoms with van der Waals surface area (Å²) in [5.41, 5.74) is 0.430. The molecule has 1 fully saturated rings. The van der Waals surface area contributed by atoms with E-state index in [1.165, 1.54) is 0 Å². The highest BCUT2D eigenvalue weighted by Crippen LogP contribution is 2.23. The van der Waals surface area contributed by atoms with Crippen LogP contribution in [0.3, 0.4) is 0 Å². The number of hydrogen-bond acceptors (Lipinski definition) is 3. The third-order valence-corrected chi connectivity index (χ3v) is 1.60. The highest BCUT2D eigenvalue weighted by atomic mass is 16.5. The molecule has 56 valence electrons. The van der Waals surface area contributed by atoms with Gasteiger partial charge in [-0.1, -0.05) is 6.58 Å². The fourth-order valence-electron chi connectivity index (χ4n) is 0.900. The lowest BCUT2D eigenvalue weighted by molar-refractivity contribution is -0.0111. The van der Waals surface area contributed by atoms with Crippen molar-refractivity contribution in [2.45, 2.75) is 18.3 Å². The van der Waals surface area contributed by atoms with Gasteiger partial charge in [-0.3, -0.25) is 0 Å². The van der Waals surface area contributed by atoms with Gasteiger partial charge in [0.15, 0.2) is 0 Å². The van der Waals surface area contributed by atoms with Gasteiger partial charge in [-0.2, -0.15) is 0 Å². The second kappa shape index (κ2) is 2.70. The Morgan fingerprint density at radius 3 is 2.50 bits per heavy atom. The van der Waals surface area contributed by atoms with Gasteiger partial charge in [0.1, 0.15) is 12.2 Å². The maximum Gasteiger partial charge on any atom is 0.111 e. The van der Waals surface area contributed by atoms with E-state index < -0.39 is 18.3 Å². The molecule has 0 aromatic rings. The molecule has 1 rings (SSSR count). The van der Waals surface area contributed by atoms with Crippen molar-refractivity contribution in [2.24, 2.45) is 0 Å². The lowest BCUT2D eigenvalue weighted by Crippen LogP contribution is -2.25. The first-order chi connectivity index (χ1) is 4.66. The van der Waals surface area contributed by atoms with E-state index >= 15 is 0 Å². The number of aliphatic hydroxyl groups excluding tert-OH is 2. The average molecular weight is 142 g/mol. The Morgan fingerprint density at radius 2 is 2.30 bits per heavy atom. The SMILES string of the molecule is [CH][C@@H]1O[C@H](CO)[C@H](O)C1=C. The third-order valence-electron chi connectivity index (χ3n) is 1.60. The van der Waals surface area contributed by atoms with Crippen molar-refractivity contribution in [3.8, 4) is 0 Å². The standard InChI is InChI=1S/C7H10O3/c1-4-5(2)10-6(3-8)7(4)9/h2,5-9H,1,3H2/t5-,6+,7+/m0/s1. The zero-order valence-corrected chi connectivity index (χ0v) is 5.53. The molecule has 0 aliphatic carbocycles. The molecule has 0 saturated carbocycles. The summed E-state index contributed by atoms with van der Waals surface area (Å²) >= 11 is 0. The first-order valence-corrected chi connectivity index (χ1v) is 3.05. The Kier molecular flexibility index (Phi) is 2.08. The number of rotatable bonds is 1. The Labute approximate surface area is 59.9 Å². The Bertz CT molecular complexity index is 144. The van der Waals surface area contributed by atoms with Gasteiger partial charge in [0, 0.05) is 6.92 Å². The molecule has 3 atom stereocenters. The first-order valence-electron chi connectivity index (χ1n) is 3.05. The third kappa shape index (κ3) is 1.08. The van der Waals surface area contributed by atoms with Crippen LogP contribution in [-0.2, 0) is 4.74 Å². The van der Waals surface area contributed by atoms with Crippen molar-refractivity contribution in [3.63, 3.8) is 0 Å². The summed E-state index contributed by atoms with van der Waals surface area (Å²) in [6.07, 6.45) is -2.05. The van der Waals surface area contributed by atoms with E-state index in [9.17, 15) is 0 Å². The second-order valence-electron chi connectivity index (χ2n) is 2.30. The molecule has 3 heteroatoms. The van der Waals surface area contributed by atoms with Gasteiger partial charge in [0.05, 0.1) is 12.7 Å². The average Bonchev–Trinajstić information content (AvgIpc) is 2.17. The largest absolute Gasteiger partial charge is 0.394 e. The fraction of sp³-hybridized carbons (Fsp3) is 0.571. The molecule has 3 nitrogen and oxygen atoms in total. The lowest BCUT2D eigenvalue weighted by atomic mass is 10.1. The maximum absolute atomic E-state index is 9.16. The van der Waals surface area contributed by atoms with E-state index in [0.717, 1.165) is 0 Å². The first kappa shape index (κ1) is 7.72. The minimum absolute atomic E-state index is 0.228. The van der Waals surface area contributed by atoms with Crippen molar-refractivity contribution < 1.29 is 14.9 Å². The minimum atomic E-state index is -0.819. The predicted octanol–water partition coefficient (Wildman–Crippen LogP) is -0.626. The lowest BCUT2D eigenvalue weighted by Gasteiger charge is -2.08. The van der Waals surface area contributed by atoms with Gasteiger partial charge in [0.25, 0.3) is 0 Å². The van der Waals surface area contributed by atoms with Crippen molar-refractivity contribution in [1.82, 2.24) is 0 Å². The van der Waals surface area contributed by atoms with Crippen LogP contribution < -0.4 is 0 Å². The van der Waals surface area contributed by atoms with Crippen LogP contribution in [0.5, 0.6) is 0 Å². The van der Waals surface area contributed by atoms with Gasteiger partial charge in [-0.05, 0) is 5.57 Å². The molecule has 10 heavy (non-hydrogen) atoms. The molecule has 0 amide bonds. The Hall–Kier alpha value is -0.380. The van der Waals surface area contributed by atoms with E-state index in [1.807, 2.05) is 0 Å². The summed E-state index contributed by atoms with van der Waals surface area (Å²) in [6, 6.07) is 0. The summed E-state index contributed by atoms with van der Waals surface area (Å²) in [7, 11) is 0. The van der Waals surface area contributed by atoms with Crippen LogP contribution in [0.15, 0.2) is 12.2 Å². The highest BCUT2D eigenvalue weighted by molar-refractivity contribution is 5.17. The summed E-state index contributed by atoms with van der Waals surface area (Å²) in [5.74, 6) is 0. The molecule has 0 unspecified atom stereocenters. The van der Waals surface area contributed by atoms with E-state index in [4.69, 9.17) is 21.9 Å². The van der Waals surface area contributed by atoms with E-state index in [0.29, 0.717) is 5.57 Å². The molecule has 0 bridgehead atoms. The molecule has 1 heterocycles. The van der Waals surface area contributed by atoms with E-state index in [2.05, 4.69) is 6.58 Å². The molecule has 1 aliphatic rings.